The van der Waals surface area contributed by atoms with E-state index in [4.69, 9.17) is 16.3 Å². The molecule has 2 amide bonds. The van der Waals surface area contributed by atoms with Gasteiger partial charge in [0.2, 0.25) is 5.91 Å². The predicted molar refractivity (Wildman–Crippen MR) is 92.7 cm³/mol. The molecule has 0 aliphatic carbocycles. The van der Waals surface area contributed by atoms with Crippen LogP contribution in [0.4, 0.5) is 5.69 Å². The maximum Gasteiger partial charge on any atom is 0.255 e. The Morgan fingerprint density at radius 1 is 1.25 bits per heavy atom. The lowest BCUT2D eigenvalue weighted by Gasteiger charge is -2.17. The molecular weight excluding hydrogens is 328 g/mol. The number of benzene rings is 2. The number of ether oxygens (including phenoxy) is 1. The lowest BCUT2D eigenvalue weighted by Crippen LogP contribution is -2.37. The van der Waals surface area contributed by atoms with Crippen LogP contribution >= 0.6 is 11.6 Å². The predicted octanol–water partition coefficient (Wildman–Crippen LogP) is 2.88. The number of anilines is 1. The highest BCUT2D eigenvalue weighted by molar-refractivity contribution is 6.31. The molecule has 0 bridgehead atoms. The van der Waals surface area contributed by atoms with Crippen LogP contribution in [0.5, 0.6) is 5.75 Å². The zero-order valence-corrected chi connectivity index (χ0v) is 13.9. The van der Waals surface area contributed by atoms with Crippen LogP contribution in [0.15, 0.2) is 48.5 Å². The lowest BCUT2D eigenvalue weighted by atomic mass is 10.1. The molecule has 0 saturated carbocycles. The summed E-state index contributed by atoms with van der Waals surface area (Å²) in [5.41, 5.74) is 1.19. The fourth-order valence-corrected chi connectivity index (χ4v) is 2.95. The number of carbonyl (C=O) groups excluding carboxylic acids is 2. The minimum absolute atomic E-state index is 0.00967. The van der Waals surface area contributed by atoms with Crippen molar-refractivity contribution >= 4 is 29.1 Å². The molecule has 1 fully saturated rings. The van der Waals surface area contributed by atoms with Crippen LogP contribution in [0.3, 0.4) is 0 Å². The number of nitrogens with zero attached hydrogens (tertiary/aromatic N) is 1. The first kappa shape index (κ1) is 16.3. The maximum absolute atomic E-state index is 12.5. The first-order chi connectivity index (χ1) is 11.6. The van der Waals surface area contributed by atoms with E-state index in [1.165, 1.54) is 7.11 Å². The third-order valence-electron chi connectivity index (χ3n) is 3.93. The van der Waals surface area contributed by atoms with Gasteiger partial charge in [-0.05, 0) is 30.3 Å². The van der Waals surface area contributed by atoms with E-state index in [-0.39, 0.29) is 24.3 Å². The molecule has 124 valence electrons. The highest BCUT2D eigenvalue weighted by atomic mass is 35.5. The van der Waals surface area contributed by atoms with Gasteiger partial charge < -0.3 is 15.0 Å². The molecule has 1 saturated heterocycles. The summed E-state index contributed by atoms with van der Waals surface area (Å²) in [4.78, 5) is 26.4. The molecule has 5 nitrogen and oxygen atoms in total. The van der Waals surface area contributed by atoms with Gasteiger partial charge in [0.25, 0.3) is 5.91 Å². The Labute approximate surface area is 145 Å². The van der Waals surface area contributed by atoms with E-state index < -0.39 is 0 Å². The molecule has 1 aliphatic rings. The molecule has 0 aromatic heterocycles. The van der Waals surface area contributed by atoms with Crippen molar-refractivity contribution in [2.24, 2.45) is 0 Å². The van der Waals surface area contributed by atoms with Gasteiger partial charge in [0, 0.05) is 23.7 Å². The van der Waals surface area contributed by atoms with E-state index in [1.807, 2.05) is 30.3 Å². The molecule has 2 aromatic rings. The third kappa shape index (κ3) is 3.36. The van der Waals surface area contributed by atoms with Crippen LogP contribution in [0, 0.1) is 0 Å². The molecule has 2 aromatic carbocycles. The van der Waals surface area contributed by atoms with Gasteiger partial charge in [-0.15, -0.1) is 0 Å². The number of amides is 2. The second kappa shape index (κ2) is 6.93. The number of methoxy groups -OCH3 is 1. The Bertz CT molecular complexity index is 764. The summed E-state index contributed by atoms with van der Waals surface area (Å²) in [6.07, 6.45) is 0.267. The fourth-order valence-electron chi connectivity index (χ4n) is 2.78. The van der Waals surface area contributed by atoms with Crippen LogP contribution in [-0.2, 0) is 4.79 Å². The van der Waals surface area contributed by atoms with E-state index >= 15 is 0 Å². The molecular formula is C18H17ClN2O3. The van der Waals surface area contributed by atoms with Crippen LogP contribution in [-0.4, -0.2) is 31.5 Å². The van der Waals surface area contributed by atoms with E-state index in [0.29, 0.717) is 22.9 Å². The van der Waals surface area contributed by atoms with Crippen molar-refractivity contribution < 1.29 is 14.3 Å². The van der Waals surface area contributed by atoms with Crippen LogP contribution < -0.4 is 15.0 Å². The number of carbonyl (C=O) groups is 2. The highest BCUT2D eigenvalue weighted by Gasteiger charge is 2.32. The fraction of sp³-hybridized carbons (Fsp3) is 0.222. The van der Waals surface area contributed by atoms with E-state index in [9.17, 15) is 9.59 Å². The first-order valence-corrected chi connectivity index (χ1v) is 7.96. The Balaban J connectivity index is 1.72. The van der Waals surface area contributed by atoms with Gasteiger partial charge in [-0.2, -0.15) is 0 Å². The van der Waals surface area contributed by atoms with Crippen LogP contribution in [0.25, 0.3) is 0 Å². The minimum Gasteiger partial charge on any atom is -0.496 e. The molecule has 3 rings (SSSR count). The maximum atomic E-state index is 12.5. The number of hydrogen-bond acceptors (Lipinski definition) is 3. The van der Waals surface area contributed by atoms with Crippen molar-refractivity contribution in [3.05, 3.63) is 59.1 Å². The van der Waals surface area contributed by atoms with Gasteiger partial charge >= 0.3 is 0 Å². The number of rotatable bonds is 4. The number of halogens is 1. The summed E-state index contributed by atoms with van der Waals surface area (Å²) >= 11 is 5.96. The van der Waals surface area contributed by atoms with Crippen LogP contribution in [0.1, 0.15) is 16.8 Å². The largest absolute Gasteiger partial charge is 0.496 e. The van der Waals surface area contributed by atoms with E-state index in [0.717, 1.165) is 5.69 Å². The van der Waals surface area contributed by atoms with Crippen molar-refractivity contribution in [3.63, 3.8) is 0 Å². The summed E-state index contributed by atoms with van der Waals surface area (Å²) < 4.78 is 5.20. The molecule has 1 heterocycles. The third-order valence-corrected chi connectivity index (χ3v) is 4.17. The van der Waals surface area contributed by atoms with Gasteiger partial charge in [0.05, 0.1) is 18.7 Å². The second-order valence-corrected chi connectivity index (χ2v) is 6.00. The Morgan fingerprint density at radius 2 is 2.00 bits per heavy atom. The Morgan fingerprint density at radius 3 is 2.71 bits per heavy atom. The van der Waals surface area contributed by atoms with Gasteiger partial charge in [-0.25, -0.2) is 0 Å². The number of hydrogen-bond donors (Lipinski definition) is 1. The summed E-state index contributed by atoms with van der Waals surface area (Å²) in [5, 5.41) is 3.34. The normalized spacial score (nSPS) is 17.0. The van der Waals surface area contributed by atoms with Crippen molar-refractivity contribution in [2.75, 3.05) is 18.6 Å². The van der Waals surface area contributed by atoms with E-state index in [2.05, 4.69) is 5.32 Å². The average molecular weight is 345 g/mol. The highest BCUT2D eigenvalue weighted by Crippen LogP contribution is 2.24. The van der Waals surface area contributed by atoms with Gasteiger partial charge in [-0.1, -0.05) is 29.8 Å². The smallest absolute Gasteiger partial charge is 0.255 e. The van der Waals surface area contributed by atoms with Gasteiger partial charge in [0.15, 0.2) is 0 Å². The number of para-hydroxylation sites is 1. The van der Waals surface area contributed by atoms with Crippen molar-refractivity contribution in [1.82, 2.24) is 5.32 Å². The van der Waals surface area contributed by atoms with Gasteiger partial charge in [0.1, 0.15) is 5.75 Å². The molecule has 24 heavy (non-hydrogen) atoms. The topological polar surface area (TPSA) is 58.6 Å². The first-order valence-electron chi connectivity index (χ1n) is 7.58. The van der Waals surface area contributed by atoms with Crippen molar-refractivity contribution in [3.8, 4) is 5.75 Å². The summed E-state index contributed by atoms with van der Waals surface area (Å²) in [6.45, 7) is 0.442. The van der Waals surface area contributed by atoms with Gasteiger partial charge in [-0.3, -0.25) is 9.59 Å². The molecule has 1 atom stereocenters. The standard InChI is InChI=1S/C18H17ClN2O3/c1-24-16-8-7-12(19)9-15(16)18(23)20-13-10-17(22)21(11-13)14-5-3-2-4-6-14/h2-9,13H,10-11H2,1H3,(H,20,23)/t13-/m0/s1. The molecule has 0 spiro atoms. The Kier molecular flexibility index (Phi) is 4.71. The van der Waals surface area contributed by atoms with E-state index in [1.54, 1.807) is 23.1 Å². The summed E-state index contributed by atoms with van der Waals surface area (Å²) in [5.74, 6) is 0.132. The Hall–Kier alpha value is -2.53. The minimum atomic E-state index is -0.304. The zero-order chi connectivity index (χ0) is 17.1. The molecule has 6 heteroatoms. The second-order valence-electron chi connectivity index (χ2n) is 5.56. The molecule has 0 radical (unpaired) electrons. The average Bonchev–Trinajstić information content (AvgIpc) is 2.96. The van der Waals surface area contributed by atoms with Crippen LogP contribution in [0.2, 0.25) is 5.02 Å². The lowest BCUT2D eigenvalue weighted by molar-refractivity contribution is -0.117. The summed E-state index contributed by atoms with van der Waals surface area (Å²) in [7, 11) is 1.50. The van der Waals surface area contributed by atoms with Crippen molar-refractivity contribution in [2.45, 2.75) is 12.5 Å². The zero-order valence-electron chi connectivity index (χ0n) is 13.2. The molecule has 1 aliphatic heterocycles. The SMILES string of the molecule is COc1ccc(Cl)cc1C(=O)N[C@H]1CC(=O)N(c2ccccc2)C1. The quantitative estimate of drug-likeness (QED) is 0.927. The monoisotopic (exact) mass is 344 g/mol. The van der Waals surface area contributed by atoms with Crippen molar-refractivity contribution in [1.29, 1.82) is 0 Å². The molecule has 0 unspecified atom stereocenters. The number of nitrogens with one attached hydrogen (secondary N) is 1. The summed E-state index contributed by atoms with van der Waals surface area (Å²) in [6, 6.07) is 14.0. The molecule has 1 N–H and O–H groups in total.